The van der Waals surface area contributed by atoms with Crippen molar-refractivity contribution >= 4 is 5.97 Å². The first-order valence-electron chi connectivity index (χ1n) is 8.74. The molecule has 0 aliphatic carbocycles. The van der Waals surface area contributed by atoms with Crippen LogP contribution in [0.2, 0.25) is 0 Å². The highest BCUT2D eigenvalue weighted by Gasteiger charge is 2.13. The molecule has 0 spiro atoms. The first kappa shape index (κ1) is 19.3. The Kier molecular flexibility index (Phi) is 9.85. The largest absolute Gasteiger partial charge is 0.455 e. The lowest BCUT2D eigenvalue weighted by Crippen LogP contribution is -2.21. The van der Waals surface area contributed by atoms with Crippen LogP contribution in [0.3, 0.4) is 0 Å². The van der Waals surface area contributed by atoms with Gasteiger partial charge in [-0.2, -0.15) is 0 Å². The van der Waals surface area contributed by atoms with Gasteiger partial charge in [-0.05, 0) is 25.0 Å². The van der Waals surface area contributed by atoms with E-state index in [9.17, 15) is 4.79 Å². The fraction of sp³-hybridized carbons (Fsp3) is 0.550. The zero-order valence-corrected chi connectivity index (χ0v) is 14.6. The lowest BCUT2D eigenvalue weighted by Gasteiger charge is -2.16. The summed E-state index contributed by atoms with van der Waals surface area (Å²) in [7, 11) is 0. The summed E-state index contributed by atoms with van der Waals surface area (Å²) in [5.41, 5.74) is 0.530. The Bertz CT molecular complexity index is 453. The SMILES string of the molecule is C=C(CCCCCCCCC)C(=O)OC(C)Oc1ccccc1. The van der Waals surface area contributed by atoms with Crippen LogP contribution in [0.25, 0.3) is 0 Å². The average molecular weight is 318 g/mol. The van der Waals surface area contributed by atoms with E-state index in [1.807, 2.05) is 30.3 Å². The number of carbonyl (C=O) groups excluding carboxylic acids is 1. The highest BCUT2D eigenvalue weighted by atomic mass is 16.7. The van der Waals surface area contributed by atoms with Gasteiger partial charge in [0.25, 0.3) is 0 Å². The minimum Gasteiger partial charge on any atom is -0.455 e. The zero-order chi connectivity index (χ0) is 16.9. The van der Waals surface area contributed by atoms with E-state index in [0.29, 0.717) is 17.7 Å². The standard InChI is InChI=1S/C20H30O3/c1-4-5-6-7-8-9-11-14-17(2)20(21)23-18(3)22-19-15-12-10-13-16-19/h10,12-13,15-16,18H,2,4-9,11,14H2,1,3H3. The van der Waals surface area contributed by atoms with Gasteiger partial charge in [-0.15, -0.1) is 0 Å². The summed E-state index contributed by atoms with van der Waals surface area (Å²) < 4.78 is 10.8. The van der Waals surface area contributed by atoms with Crippen molar-refractivity contribution in [2.45, 2.75) is 71.5 Å². The van der Waals surface area contributed by atoms with Crippen LogP contribution in [0, 0.1) is 0 Å². The molecule has 23 heavy (non-hydrogen) atoms. The van der Waals surface area contributed by atoms with E-state index in [2.05, 4.69) is 13.5 Å². The number of rotatable bonds is 12. The molecule has 0 fully saturated rings. The first-order valence-corrected chi connectivity index (χ1v) is 8.74. The molecule has 0 amide bonds. The van der Waals surface area contributed by atoms with Crippen LogP contribution in [-0.4, -0.2) is 12.3 Å². The molecule has 1 aromatic rings. The molecule has 0 saturated heterocycles. The minimum atomic E-state index is -0.615. The van der Waals surface area contributed by atoms with E-state index in [-0.39, 0.29) is 5.97 Å². The summed E-state index contributed by atoms with van der Waals surface area (Å²) >= 11 is 0. The molecular weight excluding hydrogens is 288 g/mol. The van der Waals surface area contributed by atoms with Gasteiger partial charge in [0.1, 0.15) is 5.75 Å². The number of unbranched alkanes of at least 4 members (excludes halogenated alkanes) is 6. The molecule has 0 heterocycles. The molecule has 0 aromatic heterocycles. The topological polar surface area (TPSA) is 35.5 Å². The Morgan fingerprint density at radius 1 is 1.04 bits per heavy atom. The third-order valence-electron chi connectivity index (χ3n) is 3.69. The van der Waals surface area contributed by atoms with Crippen molar-refractivity contribution in [2.24, 2.45) is 0 Å². The van der Waals surface area contributed by atoms with Gasteiger partial charge in [0, 0.05) is 12.5 Å². The second kappa shape index (κ2) is 11.8. The first-order chi connectivity index (χ1) is 11.1. The summed E-state index contributed by atoms with van der Waals surface area (Å²) in [5.74, 6) is 0.324. The monoisotopic (exact) mass is 318 g/mol. The molecule has 0 saturated carbocycles. The van der Waals surface area contributed by atoms with Crippen molar-refractivity contribution in [2.75, 3.05) is 0 Å². The van der Waals surface area contributed by atoms with Crippen LogP contribution in [0.5, 0.6) is 5.75 Å². The number of ether oxygens (including phenoxy) is 2. The van der Waals surface area contributed by atoms with Crippen molar-refractivity contribution in [3.63, 3.8) is 0 Å². The number of hydrogen-bond donors (Lipinski definition) is 0. The van der Waals surface area contributed by atoms with Crippen LogP contribution < -0.4 is 4.74 Å². The molecule has 0 N–H and O–H groups in total. The maximum Gasteiger partial charge on any atom is 0.336 e. The van der Waals surface area contributed by atoms with Crippen molar-refractivity contribution in [1.82, 2.24) is 0 Å². The summed E-state index contributed by atoms with van der Waals surface area (Å²) in [6, 6.07) is 9.33. The molecule has 1 unspecified atom stereocenters. The van der Waals surface area contributed by atoms with E-state index in [4.69, 9.17) is 9.47 Å². The van der Waals surface area contributed by atoms with Crippen LogP contribution in [0.1, 0.15) is 65.2 Å². The van der Waals surface area contributed by atoms with E-state index in [0.717, 1.165) is 12.8 Å². The Balaban J connectivity index is 2.14. The third kappa shape index (κ3) is 9.07. The van der Waals surface area contributed by atoms with Crippen molar-refractivity contribution in [3.8, 4) is 5.75 Å². The lowest BCUT2D eigenvalue weighted by atomic mass is 10.1. The Morgan fingerprint density at radius 3 is 2.30 bits per heavy atom. The molecule has 3 heteroatoms. The van der Waals surface area contributed by atoms with E-state index < -0.39 is 6.29 Å². The van der Waals surface area contributed by atoms with Gasteiger partial charge >= 0.3 is 5.97 Å². The van der Waals surface area contributed by atoms with Gasteiger partial charge in [0.2, 0.25) is 6.29 Å². The van der Waals surface area contributed by atoms with Gasteiger partial charge < -0.3 is 9.47 Å². The second-order valence-corrected chi connectivity index (χ2v) is 5.88. The van der Waals surface area contributed by atoms with Crippen LogP contribution >= 0.6 is 0 Å². The van der Waals surface area contributed by atoms with Gasteiger partial charge in [-0.25, -0.2) is 4.79 Å². The molecule has 0 radical (unpaired) electrons. The summed E-state index contributed by atoms with van der Waals surface area (Å²) in [5, 5.41) is 0. The van der Waals surface area contributed by atoms with Gasteiger partial charge in [-0.1, -0.05) is 70.2 Å². The third-order valence-corrected chi connectivity index (χ3v) is 3.69. The van der Waals surface area contributed by atoms with E-state index in [1.165, 1.54) is 32.1 Å². The predicted octanol–water partition coefficient (Wildman–Crippen LogP) is 5.65. The Hall–Kier alpha value is -1.77. The molecule has 1 aromatic carbocycles. The Labute approximate surface area is 140 Å². The second-order valence-electron chi connectivity index (χ2n) is 5.88. The molecule has 1 rings (SSSR count). The molecule has 128 valence electrons. The number of para-hydroxylation sites is 1. The maximum absolute atomic E-state index is 11.9. The van der Waals surface area contributed by atoms with Crippen molar-refractivity contribution in [1.29, 1.82) is 0 Å². The minimum absolute atomic E-state index is 0.362. The summed E-state index contributed by atoms with van der Waals surface area (Å²) in [4.78, 5) is 11.9. The molecular formula is C20H30O3. The lowest BCUT2D eigenvalue weighted by molar-refractivity contribution is -0.156. The number of hydrogen-bond acceptors (Lipinski definition) is 3. The molecule has 3 nitrogen and oxygen atoms in total. The highest BCUT2D eigenvalue weighted by molar-refractivity contribution is 5.87. The van der Waals surface area contributed by atoms with E-state index >= 15 is 0 Å². The molecule has 0 aliphatic rings. The van der Waals surface area contributed by atoms with Gasteiger partial charge in [-0.3, -0.25) is 0 Å². The molecule has 1 atom stereocenters. The Morgan fingerprint density at radius 2 is 1.65 bits per heavy atom. The average Bonchev–Trinajstić information content (AvgIpc) is 2.54. The molecule has 0 bridgehead atoms. The summed E-state index contributed by atoms with van der Waals surface area (Å²) in [6.07, 6.45) is 8.64. The van der Waals surface area contributed by atoms with Gasteiger partial charge in [0.15, 0.2) is 0 Å². The fourth-order valence-electron chi connectivity index (χ4n) is 2.35. The van der Waals surface area contributed by atoms with Crippen LogP contribution in [0.4, 0.5) is 0 Å². The zero-order valence-electron chi connectivity index (χ0n) is 14.6. The fourth-order valence-corrected chi connectivity index (χ4v) is 2.35. The van der Waals surface area contributed by atoms with Crippen LogP contribution in [-0.2, 0) is 9.53 Å². The van der Waals surface area contributed by atoms with Crippen molar-refractivity contribution in [3.05, 3.63) is 42.5 Å². The smallest absolute Gasteiger partial charge is 0.336 e. The summed E-state index contributed by atoms with van der Waals surface area (Å²) in [6.45, 7) is 7.77. The van der Waals surface area contributed by atoms with Gasteiger partial charge in [0.05, 0.1) is 0 Å². The van der Waals surface area contributed by atoms with Crippen molar-refractivity contribution < 1.29 is 14.3 Å². The quantitative estimate of drug-likeness (QED) is 0.216. The highest BCUT2D eigenvalue weighted by Crippen LogP contribution is 2.15. The van der Waals surface area contributed by atoms with Crippen LogP contribution in [0.15, 0.2) is 42.5 Å². The number of esters is 1. The maximum atomic E-state index is 11.9. The van der Waals surface area contributed by atoms with E-state index in [1.54, 1.807) is 6.92 Å². The number of benzene rings is 1. The molecule has 0 aliphatic heterocycles. The normalized spacial score (nSPS) is 11.7. The number of carbonyl (C=O) groups is 1. The predicted molar refractivity (Wildman–Crippen MR) is 94.4 cm³/mol.